The normalized spacial score (nSPS) is 27.3. The SMILES string of the molecule is CN(c1ncnc2[nH]ccc12)C1C[C@@H]2CN(CCO)C[C@@H]2C1.CN1C[C@H]2CC(N(C)c3ncnc4[nH]ccc34)C[C@H]2C1.COCCN1C[C@H]2CC(N(C)c3ncnc4[nH]ccc34)C[C@H]2C1.Cc1noc(N2C[C@H]3CC(N(C)c4ncnc5[nH]ccc45)C[C@H]3C2)n1.Cc1nsc(N2C[C@H]3CC(N(C)c4ncnc5[nH]ccc45)C[C@H]3C2)n1. The third-order valence-corrected chi connectivity index (χ3v) is 28.5. The molecule has 22 rings (SSSR count). The number of aliphatic hydroxyl groups is 1. The van der Waals surface area contributed by atoms with Crippen molar-refractivity contribution in [3.05, 3.63) is 105 Å². The first kappa shape index (κ1) is 76.5. The number of hydrogen-bond acceptors (Lipinski definition) is 28. The molecule has 5 unspecified atom stereocenters. The second kappa shape index (κ2) is 33.1. The molecule has 10 fully saturated rings. The molecule has 32 nitrogen and oxygen atoms in total. The van der Waals surface area contributed by atoms with Gasteiger partial charge in [-0.25, -0.2) is 54.8 Å². The van der Waals surface area contributed by atoms with Crippen molar-refractivity contribution >= 4 is 107 Å². The molecular weight excluding hydrogens is 1470 g/mol. The minimum atomic E-state index is 0.273. The van der Waals surface area contributed by atoms with E-state index in [4.69, 9.17) is 14.4 Å². The molecule has 5 aliphatic carbocycles. The zero-order valence-corrected chi connectivity index (χ0v) is 68.5. The Kier molecular flexibility index (Phi) is 22.0. The number of rotatable bonds is 17. The van der Waals surface area contributed by atoms with Crippen LogP contribution in [0.2, 0.25) is 0 Å². The molecule has 0 radical (unpaired) electrons. The van der Waals surface area contributed by atoms with Crippen LogP contribution in [-0.4, -0.2) is 285 Å². The Balaban J connectivity index is 0.0000000999. The number of aryl methyl sites for hydroxylation is 2. The van der Waals surface area contributed by atoms with E-state index in [1.807, 2.05) is 44.8 Å². The van der Waals surface area contributed by atoms with Crippen molar-refractivity contribution in [2.24, 2.45) is 59.2 Å². The topological polar surface area (TPSA) is 334 Å². The predicted octanol–water partition coefficient (Wildman–Crippen LogP) is 9.05. The molecule has 0 bridgehead atoms. The Bertz CT molecular complexity index is 5010. The number of methoxy groups -OCH3 is 1. The number of nitrogens with one attached hydrogen (secondary N) is 5. The summed E-state index contributed by atoms with van der Waals surface area (Å²) in [5.41, 5.74) is 4.57. The third-order valence-electron chi connectivity index (χ3n) is 27.6. The molecule has 115 heavy (non-hydrogen) atoms. The first-order chi connectivity index (χ1) is 56.1. The van der Waals surface area contributed by atoms with E-state index in [-0.39, 0.29) is 6.61 Å². The summed E-state index contributed by atoms with van der Waals surface area (Å²) in [7, 11) is 14.9. The Morgan fingerprint density at radius 3 is 1.00 bits per heavy atom. The van der Waals surface area contributed by atoms with Crippen LogP contribution in [0.3, 0.4) is 0 Å². The van der Waals surface area contributed by atoms with E-state index >= 15 is 0 Å². The average molecular weight is 1580 g/mol. The number of β-amino-alcohol motifs (C(OH)–C–C–N with tert-alkyl or cyclic N) is 1. The van der Waals surface area contributed by atoms with Crippen molar-refractivity contribution in [1.29, 1.82) is 0 Å². The van der Waals surface area contributed by atoms with E-state index in [1.54, 1.807) is 38.7 Å². The van der Waals surface area contributed by atoms with Gasteiger partial charge in [-0.2, -0.15) is 9.36 Å². The molecular formula is C82H111N29O3S. The van der Waals surface area contributed by atoms with Crippen molar-refractivity contribution in [2.45, 2.75) is 108 Å². The summed E-state index contributed by atoms with van der Waals surface area (Å²) in [6, 6.07) is 13.8. The number of fused-ring (bicyclic) bond motifs is 10. The van der Waals surface area contributed by atoms with Gasteiger partial charge in [-0.05, 0) is 175 Å². The second-order valence-corrected chi connectivity index (χ2v) is 35.2. The first-order valence-corrected chi connectivity index (χ1v) is 42.3. The lowest BCUT2D eigenvalue weighted by Crippen LogP contribution is -2.33. The number of ether oxygens (including phenoxy) is 1. The van der Waals surface area contributed by atoms with Gasteiger partial charge in [-0.1, -0.05) is 5.16 Å². The van der Waals surface area contributed by atoms with Crippen molar-refractivity contribution in [1.82, 2.24) is 109 Å². The van der Waals surface area contributed by atoms with Crippen LogP contribution in [-0.2, 0) is 4.74 Å². The lowest BCUT2D eigenvalue weighted by molar-refractivity contribution is 0.156. The maximum atomic E-state index is 9.09. The lowest BCUT2D eigenvalue weighted by atomic mass is 10.0. The Morgan fingerprint density at radius 1 is 0.409 bits per heavy atom. The third kappa shape index (κ3) is 15.7. The number of hydrogen-bond donors (Lipinski definition) is 6. The van der Waals surface area contributed by atoms with Crippen LogP contribution in [0.25, 0.3) is 55.2 Å². The van der Waals surface area contributed by atoms with E-state index < -0.39 is 0 Å². The van der Waals surface area contributed by atoms with E-state index in [0.29, 0.717) is 53.9 Å². The number of likely N-dealkylation sites (tertiary alicyclic amines) is 3. The highest BCUT2D eigenvalue weighted by molar-refractivity contribution is 7.09. The van der Waals surface area contributed by atoms with Gasteiger partial charge in [-0.3, -0.25) is 0 Å². The summed E-state index contributed by atoms with van der Waals surface area (Å²) in [5.74, 6) is 14.5. The van der Waals surface area contributed by atoms with Crippen LogP contribution in [0, 0.1) is 73.0 Å². The molecule has 0 aromatic carbocycles. The number of anilines is 7. The fraction of sp³-hybridized carbons (Fsp3) is 0.585. The number of aromatic nitrogens is 19. The van der Waals surface area contributed by atoms with Crippen molar-refractivity contribution in [3.8, 4) is 0 Å². The van der Waals surface area contributed by atoms with Crippen LogP contribution in [0.15, 0.2) is 97.5 Å². The lowest BCUT2D eigenvalue weighted by Gasteiger charge is -2.27. The first-order valence-electron chi connectivity index (χ1n) is 41.5. The van der Waals surface area contributed by atoms with Gasteiger partial charge in [0.1, 0.15) is 94.8 Å². The van der Waals surface area contributed by atoms with Crippen molar-refractivity contribution in [2.75, 3.05) is 175 Å². The Morgan fingerprint density at radius 2 is 0.713 bits per heavy atom. The summed E-state index contributed by atoms with van der Waals surface area (Å²) < 4.78 is 14.9. The van der Waals surface area contributed by atoms with E-state index in [0.717, 1.165) is 202 Å². The van der Waals surface area contributed by atoms with Crippen LogP contribution in [0.1, 0.15) is 75.9 Å². The van der Waals surface area contributed by atoms with Crippen LogP contribution in [0.5, 0.6) is 0 Å². The van der Waals surface area contributed by atoms with Gasteiger partial charge >= 0.3 is 6.01 Å². The molecule has 15 atom stereocenters. The largest absolute Gasteiger partial charge is 0.395 e. The molecule has 12 aromatic heterocycles. The number of aliphatic hydroxyl groups excluding tert-OH is 1. The minimum Gasteiger partial charge on any atom is -0.395 e. The number of aromatic amines is 5. The molecule has 608 valence electrons. The molecule has 5 saturated heterocycles. The molecule has 5 saturated carbocycles. The van der Waals surface area contributed by atoms with Crippen LogP contribution < -0.4 is 34.3 Å². The van der Waals surface area contributed by atoms with Crippen LogP contribution in [0.4, 0.5) is 40.2 Å². The monoisotopic (exact) mass is 1580 g/mol. The minimum absolute atomic E-state index is 0.273. The predicted molar refractivity (Wildman–Crippen MR) is 449 cm³/mol. The number of nitrogens with zero attached hydrogens (tertiary/aromatic N) is 24. The summed E-state index contributed by atoms with van der Waals surface area (Å²) in [5, 5.41) is 19.6. The molecule has 6 N–H and O–H groups in total. The highest BCUT2D eigenvalue weighted by Crippen LogP contribution is 2.48. The molecule has 5 aliphatic heterocycles. The number of H-pyrrole nitrogens is 5. The summed E-state index contributed by atoms with van der Waals surface area (Å²) in [4.78, 5) is 92.7. The fourth-order valence-electron chi connectivity index (χ4n) is 21.8. The molecule has 33 heteroatoms. The zero-order valence-electron chi connectivity index (χ0n) is 67.7. The maximum absolute atomic E-state index is 9.09. The second-order valence-electron chi connectivity index (χ2n) is 34.5. The van der Waals surface area contributed by atoms with E-state index in [2.05, 4.69) is 216 Å². The average Bonchev–Trinajstić information content (AvgIpc) is 1.65. The van der Waals surface area contributed by atoms with Gasteiger partial charge < -0.3 is 88.3 Å². The van der Waals surface area contributed by atoms with E-state index in [9.17, 15) is 0 Å². The van der Waals surface area contributed by atoms with Crippen molar-refractivity contribution in [3.63, 3.8) is 0 Å². The standard InChI is InChI=1S/C17H21N7O.C17H21N7S.C17H25N5O.C16H23N5O.C15H21N5/c2*1-10-21-17(25-22-10)24-7-11-5-13(6-12(11)8-24)23(2)16-14-3-4-18-15(14)19-9-20-16;1-21(17-15-3-4-18-16(15)19-11-20-17)14-7-12-9-22(5-6-23-2)10-13(12)8-14;1-20(16-14-2-3-17-15(14)18-10-19-16)13-6-11-8-21(4-5-22)9-12(11)7-13;1-19-7-10-5-12(6-11(10)8-19)20(2)15-13-3-4-16-14(13)17-9-18-15/h2*3-4,9,11-13H,5-8H2,1-2H3,(H,18,19,20);3-4,11-14H,5-10H2,1-2H3,(H,18,19,20);2-3,10-13,22H,4-9H2,1H3,(H,17,18,19);3-4,9-12H,5-8H2,1-2H3,(H,16,17,18)/t2*11-,12+,13?;12-,13+,14?;11-,12+,13?;10-,11+,12?. The summed E-state index contributed by atoms with van der Waals surface area (Å²) in [6.45, 7) is 18.3. The van der Waals surface area contributed by atoms with Gasteiger partial charge in [0, 0.05) is 194 Å². The molecule has 12 aromatic rings. The van der Waals surface area contributed by atoms with Gasteiger partial charge in [0.05, 0.1) is 40.1 Å². The highest BCUT2D eigenvalue weighted by Gasteiger charge is 2.48. The Hall–Kier alpha value is -9.80. The molecule has 17 heterocycles. The fourth-order valence-corrected chi connectivity index (χ4v) is 22.5. The van der Waals surface area contributed by atoms with Gasteiger partial charge in [0.2, 0.25) is 5.13 Å². The quantitative estimate of drug-likeness (QED) is 0.0495. The van der Waals surface area contributed by atoms with Gasteiger partial charge in [0.25, 0.3) is 0 Å². The van der Waals surface area contributed by atoms with E-state index in [1.165, 1.54) is 102 Å². The summed E-state index contributed by atoms with van der Waals surface area (Å²) in [6.07, 6.45) is 30.2. The highest BCUT2D eigenvalue weighted by atomic mass is 32.1. The van der Waals surface area contributed by atoms with Gasteiger partial charge in [0.15, 0.2) is 5.82 Å². The van der Waals surface area contributed by atoms with Crippen LogP contribution >= 0.6 is 11.5 Å². The molecule has 0 amide bonds. The summed E-state index contributed by atoms with van der Waals surface area (Å²) >= 11 is 1.53. The maximum Gasteiger partial charge on any atom is 0.324 e. The molecule has 0 spiro atoms. The van der Waals surface area contributed by atoms with Crippen molar-refractivity contribution < 1.29 is 14.4 Å². The molecule has 10 aliphatic rings. The van der Waals surface area contributed by atoms with Gasteiger partial charge in [-0.15, -0.1) is 0 Å². The smallest absolute Gasteiger partial charge is 0.324 e. The zero-order chi connectivity index (χ0) is 78.5. The Labute approximate surface area is 674 Å².